The van der Waals surface area contributed by atoms with Crippen LogP contribution in [0, 0.1) is 5.92 Å². The number of rotatable bonds is 2. The zero-order valence-corrected chi connectivity index (χ0v) is 12.9. The van der Waals surface area contributed by atoms with Crippen molar-refractivity contribution in [2.24, 2.45) is 5.92 Å². The van der Waals surface area contributed by atoms with E-state index in [0.29, 0.717) is 5.92 Å². The first-order chi connectivity index (χ1) is 9.78. The van der Waals surface area contributed by atoms with Crippen LogP contribution in [0.1, 0.15) is 74.9 Å². The summed E-state index contributed by atoms with van der Waals surface area (Å²) in [4.78, 5) is 9.87. The van der Waals surface area contributed by atoms with Gasteiger partial charge in [0.15, 0.2) is 0 Å². The Balaban J connectivity index is 1.93. The Morgan fingerprint density at radius 2 is 1.85 bits per heavy atom. The first-order valence-corrected chi connectivity index (χ1v) is 8.35. The highest BCUT2D eigenvalue weighted by molar-refractivity contribution is 5.47. The predicted octanol–water partition coefficient (Wildman–Crippen LogP) is 4.08. The summed E-state index contributed by atoms with van der Waals surface area (Å²) in [5.41, 5.74) is 2.72. The van der Waals surface area contributed by atoms with E-state index in [1.54, 1.807) is 0 Å². The lowest BCUT2D eigenvalue weighted by Crippen LogP contribution is -2.17. The van der Waals surface area contributed by atoms with Crippen molar-refractivity contribution in [2.75, 3.05) is 12.4 Å². The molecule has 2 aliphatic carbocycles. The molecule has 1 aromatic rings. The fourth-order valence-corrected chi connectivity index (χ4v) is 3.85. The Labute approximate surface area is 122 Å². The quantitative estimate of drug-likeness (QED) is 0.825. The van der Waals surface area contributed by atoms with E-state index in [4.69, 9.17) is 9.97 Å². The maximum atomic E-state index is 4.99. The van der Waals surface area contributed by atoms with Gasteiger partial charge in [0, 0.05) is 24.2 Å². The van der Waals surface area contributed by atoms with Crippen LogP contribution < -0.4 is 5.32 Å². The average molecular weight is 273 g/mol. The summed E-state index contributed by atoms with van der Waals surface area (Å²) in [6, 6.07) is 0. The lowest BCUT2D eigenvalue weighted by Gasteiger charge is -2.26. The molecule has 0 amide bonds. The molecule has 0 spiro atoms. The number of hydrogen-bond donors (Lipinski definition) is 1. The first kappa shape index (κ1) is 13.8. The third-order valence-electron chi connectivity index (χ3n) is 4.99. The summed E-state index contributed by atoms with van der Waals surface area (Å²) in [7, 11) is 2.00. The molecule has 0 aliphatic heterocycles. The highest BCUT2D eigenvalue weighted by atomic mass is 15.0. The molecule has 3 heteroatoms. The Morgan fingerprint density at radius 1 is 1.00 bits per heavy atom. The average Bonchev–Trinajstić information content (AvgIpc) is 2.71. The number of aryl methyl sites for hydroxylation is 1. The summed E-state index contributed by atoms with van der Waals surface area (Å²) in [6.45, 7) is 2.37. The topological polar surface area (TPSA) is 37.8 Å². The SMILES string of the molecule is CNc1nc(C2CCCC(C)C2)nc2c1CCCCC2. The van der Waals surface area contributed by atoms with Gasteiger partial charge in [0.1, 0.15) is 11.6 Å². The summed E-state index contributed by atoms with van der Waals surface area (Å²) >= 11 is 0. The molecule has 0 aromatic carbocycles. The molecule has 0 radical (unpaired) electrons. The van der Waals surface area contributed by atoms with Crippen LogP contribution >= 0.6 is 0 Å². The zero-order valence-electron chi connectivity index (χ0n) is 12.9. The molecule has 3 nitrogen and oxygen atoms in total. The molecule has 20 heavy (non-hydrogen) atoms. The molecule has 1 heterocycles. The molecule has 0 bridgehead atoms. The maximum absolute atomic E-state index is 4.99. The number of fused-ring (bicyclic) bond motifs is 1. The van der Waals surface area contributed by atoms with Crippen LogP contribution in [0.5, 0.6) is 0 Å². The van der Waals surface area contributed by atoms with Gasteiger partial charge in [-0.15, -0.1) is 0 Å². The normalized spacial score (nSPS) is 26.7. The van der Waals surface area contributed by atoms with Gasteiger partial charge < -0.3 is 5.32 Å². The molecule has 2 atom stereocenters. The highest BCUT2D eigenvalue weighted by Crippen LogP contribution is 2.36. The van der Waals surface area contributed by atoms with Gasteiger partial charge in [0.25, 0.3) is 0 Å². The molecule has 3 rings (SSSR count). The van der Waals surface area contributed by atoms with Crippen molar-refractivity contribution in [3.05, 3.63) is 17.1 Å². The Hall–Kier alpha value is -1.12. The second-order valence-electron chi connectivity index (χ2n) is 6.64. The Morgan fingerprint density at radius 3 is 2.65 bits per heavy atom. The number of anilines is 1. The first-order valence-electron chi connectivity index (χ1n) is 8.35. The molecular weight excluding hydrogens is 246 g/mol. The van der Waals surface area contributed by atoms with Gasteiger partial charge in [-0.3, -0.25) is 0 Å². The van der Waals surface area contributed by atoms with E-state index < -0.39 is 0 Å². The third kappa shape index (κ3) is 2.82. The molecule has 1 N–H and O–H groups in total. The Bertz CT molecular complexity index is 470. The van der Waals surface area contributed by atoms with E-state index >= 15 is 0 Å². The van der Waals surface area contributed by atoms with Gasteiger partial charge in [-0.1, -0.05) is 26.2 Å². The lowest BCUT2D eigenvalue weighted by atomic mass is 9.82. The minimum atomic E-state index is 0.583. The van der Waals surface area contributed by atoms with Crippen molar-refractivity contribution in [1.82, 2.24) is 9.97 Å². The van der Waals surface area contributed by atoms with Crippen molar-refractivity contribution in [3.8, 4) is 0 Å². The minimum absolute atomic E-state index is 0.583. The summed E-state index contributed by atoms with van der Waals surface area (Å²) < 4.78 is 0. The van der Waals surface area contributed by atoms with Gasteiger partial charge in [0.05, 0.1) is 0 Å². The van der Waals surface area contributed by atoms with Gasteiger partial charge >= 0.3 is 0 Å². The van der Waals surface area contributed by atoms with Crippen molar-refractivity contribution in [3.63, 3.8) is 0 Å². The van der Waals surface area contributed by atoms with Crippen LogP contribution in [0.4, 0.5) is 5.82 Å². The van der Waals surface area contributed by atoms with Crippen LogP contribution in [0.15, 0.2) is 0 Å². The van der Waals surface area contributed by atoms with Gasteiger partial charge in [-0.05, 0) is 44.4 Å². The van der Waals surface area contributed by atoms with Crippen LogP contribution in [-0.4, -0.2) is 17.0 Å². The van der Waals surface area contributed by atoms with E-state index in [-0.39, 0.29) is 0 Å². The molecule has 0 saturated heterocycles. The van der Waals surface area contributed by atoms with Crippen LogP contribution in [0.3, 0.4) is 0 Å². The highest BCUT2D eigenvalue weighted by Gasteiger charge is 2.25. The number of nitrogens with one attached hydrogen (secondary N) is 1. The van der Waals surface area contributed by atoms with E-state index in [1.807, 2.05) is 7.05 Å². The van der Waals surface area contributed by atoms with Crippen molar-refractivity contribution < 1.29 is 0 Å². The zero-order chi connectivity index (χ0) is 13.9. The summed E-state index contributed by atoms with van der Waals surface area (Å²) in [6.07, 6.45) is 11.4. The Kier molecular flexibility index (Phi) is 4.23. The summed E-state index contributed by atoms with van der Waals surface area (Å²) in [5.74, 6) is 3.63. The van der Waals surface area contributed by atoms with E-state index in [0.717, 1.165) is 30.4 Å². The number of aromatic nitrogens is 2. The maximum Gasteiger partial charge on any atom is 0.134 e. The van der Waals surface area contributed by atoms with E-state index in [2.05, 4.69) is 12.2 Å². The van der Waals surface area contributed by atoms with Crippen molar-refractivity contribution >= 4 is 5.82 Å². The van der Waals surface area contributed by atoms with Crippen LogP contribution in [-0.2, 0) is 12.8 Å². The van der Waals surface area contributed by atoms with Crippen molar-refractivity contribution in [2.45, 2.75) is 70.6 Å². The predicted molar refractivity (Wildman–Crippen MR) is 83.2 cm³/mol. The van der Waals surface area contributed by atoms with Crippen LogP contribution in [0.2, 0.25) is 0 Å². The molecule has 1 fully saturated rings. The molecule has 2 unspecified atom stereocenters. The molecule has 2 aliphatic rings. The number of nitrogens with zero attached hydrogens (tertiary/aromatic N) is 2. The van der Waals surface area contributed by atoms with Crippen molar-refractivity contribution in [1.29, 1.82) is 0 Å². The van der Waals surface area contributed by atoms with Gasteiger partial charge in [-0.2, -0.15) is 0 Å². The number of hydrogen-bond acceptors (Lipinski definition) is 3. The molecule has 1 aromatic heterocycles. The fourth-order valence-electron chi connectivity index (χ4n) is 3.85. The van der Waals surface area contributed by atoms with E-state index in [9.17, 15) is 0 Å². The van der Waals surface area contributed by atoms with Crippen LogP contribution in [0.25, 0.3) is 0 Å². The van der Waals surface area contributed by atoms with Gasteiger partial charge in [-0.25, -0.2) is 9.97 Å². The minimum Gasteiger partial charge on any atom is -0.373 e. The molecule has 1 saturated carbocycles. The summed E-state index contributed by atoms with van der Waals surface area (Å²) in [5, 5.41) is 3.32. The smallest absolute Gasteiger partial charge is 0.134 e. The lowest BCUT2D eigenvalue weighted by molar-refractivity contribution is 0.335. The van der Waals surface area contributed by atoms with E-state index in [1.165, 1.54) is 56.2 Å². The van der Waals surface area contributed by atoms with Gasteiger partial charge in [0.2, 0.25) is 0 Å². The standard InChI is InChI=1S/C17H27N3/c1-12-7-6-8-13(11-12)16-19-15-10-5-3-4-9-14(15)17(18-2)20-16/h12-13H,3-11H2,1-2H3,(H,18,19,20). The molecular formula is C17H27N3. The third-order valence-corrected chi connectivity index (χ3v) is 4.99. The second kappa shape index (κ2) is 6.11. The molecule has 110 valence electrons. The monoisotopic (exact) mass is 273 g/mol. The largest absolute Gasteiger partial charge is 0.373 e. The second-order valence-corrected chi connectivity index (χ2v) is 6.64. The fraction of sp³-hybridized carbons (Fsp3) is 0.765.